The van der Waals surface area contributed by atoms with Gasteiger partial charge in [-0.1, -0.05) is 27.2 Å². The molecule has 0 aliphatic heterocycles. The van der Waals surface area contributed by atoms with Gasteiger partial charge in [0.05, 0.1) is 23.3 Å². The molecule has 3 rings (SSSR count). The zero-order valence-corrected chi connectivity index (χ0v) is 15.8. The van der Waals surface area contributed by atoms with Crippen molar-refractivity contribution < 1.29 is 4.74 Å². The van der Waals surface area contributed by atoms with Gasteiger partial charge in [0.15, 0.2) is 0 Å². The van der Waals surface area contributed by atoms with Crippen LogP contribution in [0.2, 0.25) is 0 Å². The molecule has 0 atom stereocenters. The number of halogens is 1. The lowest BCUT2D eigenvalue weighted by Gasteiger charge is -2.12. The topological polar surface area (TPSA) is 27.1 Å². The standard InChI is InChI=1S/C20H26N2O.ClH/c1-5-6-11-23-16-7-8-17-18-9-10-21-15(4)20(18)22(13-14(2)3)19(17)12-16;/h7-10,12,14H,5-6,11,13H2,1-4H3;1H. The molecular weight excluding hydrogens is 320 g/mol. The van der Waals surface area contributed by atoms with Crippen molar-refractivity contribution in [3.05, 3.63) is 36.2 Å². The van der Waals surface area contributed by atoms with E-state index in [4.69, 9.17) is 4.74 Å². The fourth-order valence-corrected chi connectivity index (χ4v) is 3.18. The summed E-state index contributed by atoms with van der Waals surface area (Å²) in [4.78, 5) is 4.50. The van der Waals surface area contributed by atoms with E-state index in [9.17, 15) is 0 Å². The molecule has 0 saturated heterocycles. The zero-order chi connectivity index (χ0) is 16.4. The second-order valence-electron chi connectivity index (χ2n) is 6.68. The number of rotatable bonds is 6. The number of benzene rings is 1. The number of aromatic nitrogens is 2. The Balaban J connectivity index is 0.00000208. The largest absolute Gasteiger partial charge is 0.494 e. The molecular formula is C20H27ClN2O. The van der Waals surface area contributed by atoms with Gasteiger partial charge >= 0.3 is 0 Å². The van der Waals surface area contributed by atoms with Crippen molar-refractivity contribution in [3.8, 4) is 5.75 Å². The number of fused-ring (bicyclic) bond motifs is 3. The molecule has 3 aromatic rings. The van der Waals surface area contributed by atoms with Crippen LogP contribution in [0.1, 0.15) is 39.3 Å². The summed E-state index contributed by atoms with van der Waals surface area (Å²) in [5.74, 6) is 1.54. The summed E-state index contributed by atoms with van der Waals surface area (Å²) in [6, 6.07) is 8.59. The average molecular weight is 347 g/mol. The van der Waals surface area contributed by atoms with Crippen LogP contribution in [0.15, 0.2) is 30.5 Å². The van der Waals surface area contributed by atoms with Crippen LogP contribution in [0.3, 0.4) is 0 Å². The van der Waals surface area contributed by atoms with Crippen molar-refractivity contribution in [1.29, 1.82) is 0 Å². The Morgan fingerprint density at radius 1 is 1.17 bits per heavy atom. The maximum absolute atomic E-state index is 5.91. The normalized spacial score (nSPS) is 11.2. The average Bonchev–Trinajstić information content (AvgIpc) is 2.82. The van der Waals surface area contributed by atoms with E-state index < -0.39 is 0 Å². The van der Waals surface area contributed by atoms with Crippen molar-refractivity contribution in [3.63, 3.8) is 0 Å². The lowest BCUT2D eigenvalue weighted by molar-refractivity contribution is 0.309. The van der Waals surface area contributed by atoms with E-state index in [1.165, 1.54) is 21.8 Å². The molecule has 4 heteroatoms. The first-order valence-corrected chi connectivity index (χ1v) is 8.62. The second-order valence-corrected chi connectivity index (χ2v) is 6.68. The Morgan fingerprint density at radius 2 is 1.96 bits per heavy atom. The third-order valence-electron chi connectivity index (χ3n) is 4.24. The first-order chi connectivity index (χ1) is 11.1. The van der Waals surface area contributed by atoms with Crippen LogP contribution in [0.4, 0.5) is 0 Å². The van der Waals surface area contributed by atoms with Gasteiger partial charge in [-0.15, -0.1) is 12.4 Å². The van der Waals surface area contributed by atoms with Gasteiger partial charge in [-0.05, 0) is 37.5 Å². The van der Waals surface area contributed by atoms with Crippen LogP contribution in [0.5, 0.6) is 5.75 Å². The van der Waals surface area contributed by atoms with Crippen molar-refractivity contribution in [2.75, 3.05) is 6.61 Å². The molecule has 0 saturated carbocycles. The van der Waals surface area contributed by atoms with Gasteiger partial charge in [0.1, 0.15) is 5.75 Å². The van der Waals surface area contributed by atoms with Crippen LogP contribution >= 0.6 is 12.4 Å². The molecule has 0 bridgehead atoms. The number of hydrogen-bond donors (Lipinski definition) is 0. The maximum atomic E-state index is 5.91. The number of hydrogen-bond acceptors (Lipinski definition) is 2. The highest BCUT2D eigenvalue weighted by atomic mass is 35.5. The smallest absolute Gasteiger partial charge is 0.121 e. The fourth-order valence-electron chi connectivity index (χ4n) is 3.18. The first kappa shape index (κ1) is 18.6. The molecule has 1 aromatic carbocycles. The van der Waals surface area contributed by atoms with Gasteiger partial charge in [-0.2, -0.15) is 0 Å². The van der Waals surface area contributed by atoms with Crippen LogP contribution < -0.4 is 4.74 Å². The number of ether oxygens (including phenoxy) is 1. The van der Waals surface area contributed by atoms with Crippen molar-refractivity contribution in [1.82, 2.24) is 9.55 Å². The monoisotopic (exact) mass is 346 g/mol. The highest BCUT2D eigenvalue weighted by Crippen LogP contribution is 2.33. The number of pyridine rings is 1. The SMILES string of the molecule is CCCCOc1ccc2c3ccnc(C)c3n(CC(C)C)c2c1.Cl. The molecule has 0 unspecified atom stereocenters. The summed E-state index contributed by atoms with van der Waals surface area (Å²) in [5.41, 5.74) is 3.59. The molecule has 0 aliphatic carbocycles. The molecule has 2 aromatic heterocycles. The Morgan fingerprint density at radius 3 is 2.67 bits per heavy atom. The maximum Gasteiger partial charge on any atom is 0.121 e. The molecule has 0 spiro atoms. The van der Waals surface area contributed by atoms with E-state index in [2.05, 4.69) is 61.5 Å². The Kier molecular flexibility index (Phi) is 6.11. The van der Waals surface area contributed by atoms with Crippen molar-refractivity contribution in [2.24, 2.45) is 5.92 Å². The molecule has 24 heavy (non-hydrogen) atoms. The van der Waals surface area contributed by atoms with E-state index in [0.29, 0.717) is 5.92 Å². The molecule has 3 nitrogen and oxygen atoms in total. The van der Waals surface area contributed by atoms with Gasteiger partial charge in [0.25, 0.3) is 0 Å². The van der Waals surface area contributed by atoms with Gasteiger partial charge in [-0.25, -0.2) is 0 Å². The summed E-state index contributed by atoms with van der Waals surface area (Å²) in [6.45, 7) is 10.6. The summed E-state index contributed by atoms with van der Waals surface area (Å²) in [7, 11) is 0. The summed E-state index contributed by atoms with van der Waals surface area (Å²) < 4.78 is 8.32. The molecule has 0 amide bonds. The summed E-state index contributed by atoms with van der Waals surface area (Å²) in [6.07, 6.45) is 4.15. The third-order valence-corrected chi connectivity index (χ3v) is 4.24. The summed E-state index contributed by atoms with van der Waals surface area (Å²) in [5, 5.41) is 2.57. The molecule has 0 fully saturated rings. The Hall–Kier alpha value is -1.74. The van der Waals surface area contributed by atoms with E-state index in [1.54, 1.807) is 0 Å². The minimum Gasteiger partial charge on any atom is -0.494 e. The van der Waals surface area contributed by atoms with E-state index in [0.717, 1.165) is 37.4 Å². The van der Waals surface area contributed by atoms with E-state index >= 15 is 0 Å². The fraction of sp³-hybridized carbons (Fsp3) is 0.450. The van der Waals surface area contributed by atoms with Crippen LogP contribution in [0, 0.1) is 12.8 Å². The summed E-state index contributed by atoms with van der Waals surface area (Å²) >= 11 is 0. The van der Waals surface area contributed by atoms with E-state index in [1.807, 2.05) is 6.20 Å². The lowest BCUT2D eigenvalue weighted by atomic mass is 10.1. The number of aryl methyl sites for hydroxylation is 1. The molecule has 2 heterocycles. The van der Waals surface area contributed by atoms with Gasteiger partial charge in [0, 0.05) is 29.6 Å². The predicted molar refractivity (Wildman–Crippen MR) is 104 cm³/mol. The molecule has 0 radical (unpaired) electrons. The van der Waals surface area contributed by atoms with Gasteiger partial charge < -0.3 is 9.30 Å². The lowest BCUT2D eigenvalue weighted by Crippen LogP contribution is -2.05. The minimum atomic E-state index is 0. The first-order valence-electron chi connectivity index (χ1n) is 8.62. The van der Waals surface area contributed by atoms with Gasteiger partial charge in [-0.3, -0.25) is 4.98 Å². The number of unbranched alkanes of at least 4 members (excludes halogenated alkanes) is 1. The molecule has 130 valence electrons. The quantitative estimate of drug-likeness (QED) is 0.531. The van der Waals surface area contributed by atoms with Crippen molar-refractivity contribution in [2.45, 2.75) is 47.1 Å². The Bertz CT molecular complexity index is 823. The van der Waals surface area contributed by atoms with Crippen LogP contribution in [-0.4, -0.2) is 16.2 Å². The van der Waals surface area contributed by atoms with E-state index in [-0.39, 0.29) is 12.4 Å². The highest BCUT2D eigenvalue weighted by Gasteiger charge is 2.14. The third kappa shape index (κ3) is 3.51. The number of nitrogens with zero attached hydrogens (tertiary/aromatic N) is 2. The predicted octanol–water partition coefficient (Wildman–Crippen LogP) is 5.75. The van der Waals surface area contributed by atoms with Crippen LogP contribution in [0.25, 0.3) is 21.8 Å². The molecule has 0 aliphatic rings. The van der Waals surface area contributed by atoms with Crippen LogP contribution in [-0.2, 0) is 6.54 Å². The zero-order valence-electron chi connectivity index (χ0n) is 15.0. The van der Waals surface area contributed by atoms with Crippen molar-refractivity contribution >= 4 is 34.2 Å². The highest BCUT2D eigenvalue weighted by molar-refractivity contribution is 6.09. The van der Waals surface area contributed by atoms with Gasteiger partial charge in [0.2, 0.25) is 0 Å². The minimum absolute atomic E-state index is 0. The molecule has 0 N–H and O–H groups in total. The Labute approximate surface area is 150 Å². The second kappa shape index (κ2) is 7.89.